The lowest BCUT2D eigenvalue weighted by atomic mass is 10.1. The summed E-state index contributed by atoms with van der Waals surface area (Å²) in [5.74, 6) is 2.55. The fourth-order valence-corrected chi connectivity index (χ4v) is 4.97. The summed E-state index contributed by atoms with van der Waals surface area (Å²) in [6.07, 6.45) is 0. The first-order valence-electron chi connectivity index (χ1n) is 7.93. The third-order valence-electron chi connectivity index (χ3n) is 3.45. The molecular formula is C16H26N4O2S2. The molecule has 1 saturated heterocycles. The predicted octanol–water partition coefficient (Wildman–Crippen LogP) is 1.63. The molecule has 0 atom stereocenters. The van der Waals surface area contributed by atoms with Crippen molar-refractivity contribution in [2.75, 3.05) is 24.6 Å². The number of nitrogens with two attached hydrogens (primary N) is 1. The van der Waals surface area contributed by atoms with Crippen LogP contribution in [0.15, 0.2) is 34.2 Å². The monoisotopic (exact) mass is 370 g/mol. The molecule has 24 heavy (non-hydrogen) atoms. The molecule has 134 valence electrons. The van der Waals surface area contributed by atoms with Gasteiger partial charge in [-0.2, -0.15) is 11.8 Å². The Morgan fingerprint density at radius 1 is 1.29 bits per heavy atom. The summed E-state index contributed by atoms with van der Waals surface area (Å²) in [4.78, 5) is 6.71. The second-order valence-electron chi connectivity index (χ2n) is 6.74. The van der Waals surface area contributed by atoms with Crippen LogP contribution in [0.5, 0.6) is 0 Å². The summed E-state index contributed by atoms with van der Waals surface area (Å²) in [7, 11) is -3.60. The maximum Gasteiger partial charge on any atom is 0.241 e. The summed E-state index contributed by atoms with van der Waals surface area (Å²) in [6.45, 7) is 7.46. The maximum absolute atomic E-state index is 12.6. The normalized spacial score (nSPS) is 17.1. The van der Waals surface area contributed by atoms with E-state index in [-0.39, 0.29) is 11.4 Å². The van der Waals surface area contributed by atoms with Crippen molar-refractivity contribution in [3.8, 4) is 0 Å². The number of thioether (sulfide) groups is 1. The number of aliphatic imine (C=N–C) groups is 1. The number of nitrogens with one attached hydrogen (secondary N) is 1. The molecule has 0 spiro atoms. The van der Waals surface area contributed by atoms with Gasteiger partial charge in [0.25, 0.3) is 0 Å². The van der Waals surface area contributed by atoms with Gasteiger partial charge in [-0.15, -0.1) is 0 Å². The summed E-state index contributed by atoms with van der Waals surface area (Å²) in [6, 6.07) is 6.91. The smallest absolute Gasteiger partial charge is 0.241 e. The quantitative estimate of drug-likeness (QED) is 0.621. The fraction of sp³-hybridized carbons (Fsp3) is 0.562. The Bertz CT molecular complexity index is 690. The van der Waals surface area contributed by atoms with E-state index in [4.69, 9.17) is 5.73 Å². The molecule has 1 aliphatic rings. The van der Waals surface area contributed by atoms with Crippen molar-refractivity contribution in [2.45, 2.75) is 37.8 Å². The Morgan fingerprint density at radius 2 is 1.92 bits per heavy atom. The van der Waals surface area contributed by atoms with Gasteiger partial charge in [0.1, 0.15) is 0 Å². The summed E-state index contributed by atoms with van der Waals surface area (Å²) in [5, 5.41) is 0. The highest BCUT2D eigenvalue weighted by Crippen LogP contribution is 2.19. The van der Waals surface area contributed by atoms with Gasteiger partial charge in [-0.05, 0) is 32.4 Å². The van der Waals surface area contributed by atoms with Crippen LogP contribution >= 0.6 is 11.8 Å². The van der Waals surface area contributed by atoms with Crippen LogP contribution in [0.4, 0.5) is 0 Å². The molecule has 6 nitrogen and oxygen atoms in total. The van der Waals surface area contributed by atoms with Crippen LogP contribution in [0, 0.1) is 0 Å². The van der Waals surface area contributed by atoms with E-state index in [1.165, 1.54) is 0 Å². The van der Waals surface area contributed by atoms with Gasteiger partial charge >= 0.3 is 0 Å². The van der Waals surface area contributed by atoms with Gasteiger partial charge in [-0.1, -0.05) is 18.2 Å². The molecule has 8 heteroatoms. The summed E-state index contributed by atoms with van der Waals surface area (Å²) in [5.41, 5.74) is 6.16. The van der Waals surface area contributed by atoms with E-state index in [2.05, 4.69) is 9.71 Å². The number of nitrogens with zero attached hydrogens (tertiary/aromatic N) is 2. The Hall–Kier alpha value is -1.25. The average Bonchev–Trinajstić information content (AvgIpc) is 2.51. The molecule has 1 aromatic carbocycles. The highest BCUT2D eigenvalue weighted by molar-refractivity contribution is 7.99. The van der Waals surface area contributed by atoms with E-state index in [0.717, 1.165) is 24.6 Å². The Balaban J connectivity index is 2.20. The van der Waals surface area contributed by atoms with Crippen LogP contribution in [-0.2, 0) is 16.6 Å². The zero-order valence-corrected chi connectivity index (χ0v) is 16.1. The first-order chi connectivity index (χ1) is 11.2. The summed E-state index contributed by atoms with van der Waals surface area (Å²) < 4.78 is 27.9. The minimum atomic E-state index is -3.60. The van der Waals surface area contributed by atoms with Crippen LogP contribution < -0.4 is 10.5 Å². The molecule has 0 aromatic heterocycles. The number of sulfonamides is 1. The van der Waals surface area contributed by atoms with Gasteiger partial charge in [0.05, 0.1) is 11.4 Å². The molecule has 1 aromatic rings. The van der Waals surface area contributed by atoms with E-state index in [1.54, 1.807) is 18.2 Å². The Kier molecular flexibility index (Phi) is 6.17. The standard InChI is InChI=1S/C16H26N4O2S2/c1-16(2,3)19-24(21,22)14-7-5-4-6-13(14)12-18-15(17)20-8-10-23-11-9-20/h4-7,19H,8-12H2,1-3H3,(H2,17,18). The second kappa shape index (κ2) is 7.76. The zero-order valence-electron chi connectivity index (χ0n) is 14.4. The molecule has 0 saturated carbocycles. The first kappa shape index (κ1) is 19.1. The van der Waals surface area contributed by atoms with Gasteiger partial charge in [-0.25, -0.2) is 18.1 Å². The molecule has 0 radical (unpaired) electrons. The first-order valence-corrected chi connectivity index (χ1v) is 10.6. The molecular weight excluding hydrogens is 344 g/mol. The molecule has 0 bridgehead atoms. The zero-order chi connectivity index (χ0) is 17.8. The van der Waals surface area contributed by atoms with Gasteiger partial charge < -0.3 is 10.6 Å². The molecule has 3 N–H and O–H groups in total. The van der Waals surface area contributed by atoms with Crippen molar-refractivity contribution < 1.29 is 8.42 Å². The highest BCUT2D eigenvalue weighted by Gasteiger charge is 2.24. The molecule has 1 heterocycles. The van der Waals surface area contributed by atoms with Crippen LogP contribution in [0.1, 0.15) is 26.3 Å². The van der Waals surface area contributed by atoms with Gasteiger partial charge in [-0.3, -0.25) is 0 Å². The van der Waals surface area contributed by atoms with Gasteiger partial charge in [0.15, 0.2) is 5.96 Å². The minimum absolute atomic E-state index is 0.247. The number of hydrogen-bond acceptors (Lipinski definition) is 4. The lowest BCUT2D eigenvalue weighted by molar-refractivity contribution is 0.455. The van der Waals surface area contributed by atoms with Crippen LogP contribution in [0.2, 0.25) is 0 Å². The van der Waals surface area contributed by atoms with E-state index < -0.39 is 15.6 Å². The number of hydrogen-bond donors (Lipinski definition) is 2. The van der Waals surface area contributed by atoms with Crippen LogP contribution in [0.3, 0.4) is 0 Å². The SMILES string of the molecule is CC(C)(C)NS(=O)(=O)c1ccccc1CN=C(N)N1CCSCC1. The molecule has 0 unspecified atom stereocenters. The molecule has 1 aliphatic heterocycles. The molecule has 1 fully saturated rings. The number of benzene rings is 1. The van der Waals surface area contributed by atoms with E-state index in [9.17, 15) is 8.42 Å². The van der Waals surface area contributed by atoms with E-state index >= 15 is 0 Å². The van der Waals surface area contributed by atoms with Gasteiger partial charge in [0.2, 0.25) is 10.0 Å². The van der Waals surface area contributed by atoms with Crippen molar-refractivity contribution in [1.82, 2.24) is 9.62 Å². The topological polar surface area (TPSA) is 87.8 Å². The highest BCUT2D eigenvalue weighted by atomic mass is 32.2. The lowest BCUT2D eigenvalue weighted by Crippen LogP contribution is -2.42. The molecule has 0 amide bonds. The predicted molar refractivity (Wildman–Crippen MR) is 101 cm³/mol. The summed E-state index contributed by atoms with van der Waals surface area (Å²) >= 11 is 1.90. The Morgan fingerprint density at radius 3 is 2.54 bits per heavy atom. The number of guanidine groups is 1. The van der Waals surface area contributed by atoms with E-state index in [1.807, 2.05) is 43.5 Å². The van der Waals surface area contributed by atoms with Crippen LogP contribution in [0.25, 0.3) is 0 Å². The van der Waals surface area contributed by atoms with Crippen molar-refractivity contribution in [3.05, 3.63) is 29.8 Å². The average molecular weight is 371 g/mol. The third-order valence-corrected chi connectivity index (χ3v) is 6.25. The minimum Gasteiger partial charge on any atom is -0.370 e. The maximum atomic E-state index is 12.6. The van der Waals surface area contributed by atoms with Crippen molar-refractivity contribution in [2.24, 2.45) is 10.7 Å². The van der Waals surface area contributed by atoms with Crippen LogP contribution in [-0.4, -0.2) is 49.4 Å². The second-order valence-corrected chi connectivity index (χ2v) is 9.61. The fourth-order valence-electron chi connectivity index (χ4n) is 2.41. The number of rotatable bonds is 4. The molecule has 0 aliphatic carbocycles. The molecule has 2 rings (SSSR count). The lowest BCUT2D eigenvalue weighted by Gasteiger charge is -2.27. The Labute approximate surface area is 149 Å². The third kappa shape index (κ3) is 5.39. The van der Waals surface area contributed by atoms with E-state index in [0.29, 0.717) is 11.5 Å². The van der Waals surface area contributed by atoms with Crippen molar-refractivity contribution in [1.29, 1.82) is 0 Å². The van der Waals surface area contributed by atoms with Crippen molar-refractivity contribution >= 4 is 27.7 Å². The van der Waals surface area contributed by atoms with Gasteiger partial charge in [0, 0.05) is 30.1 Å². The van der Waals surface area contributed by atoms with Crippen molar-refractivity contribution in [3.63, 3.8) is 0 Å². The largest absolute Gasteiger partial charge is 0.370 e.